The first-order chi connectivity index (χ1) is 15.8. The van der Waals surface area contributed by atoms with Crippen molar-refractivity contribution in [2.24, 2.45) is 5.92 Å². The first-order valence-corrected chi connectivity index (χ1v) is 12.2. The fraction of sp³-hybridized carbons (Fsp3) is 0.304. The Labute approximate surface area is 207 Å². The van der Waals surface area contributed by atoms with E-state index in [1.807, 2.05) is 25.3 Å². The van der Waals surface area contributed by atoms with Crippen LogP contribution >= 0.6 is 35.0 Å². The smallest absolute Gasteiger partial charge is 0.253 e. The number of nitrogens with one attached hydrogen (secondary N) is 2. The van der Waals surface area contributed by atoms with Gasteiger partial charge in [-0.05, 0) is 49.2 Å². The van der Waals surface area contributed by atoms with Crippen LogP contribution in [-0.2, 0) is 11.3 Å². The van der Waals surface area contributed by atoms with Crippen molar-refractivity contribution in [3.63, 3.8) is 0 Å². The first kappa shape index (κ1) is 25.1. The summed E-state index contributed by atoms with van der Waals surface area (Å²) in [5, 5.41) is 16.1. The van der Waals surface area contributed by atoms with Gasteiger partial charge in [0, 0.05) is 17.3 Å². The van der Waals surface area contributed by atoms with Gasteiger partial charge in [0.2, 0.25) is 5.91 Å². The van der Waals surface area contributed by atoms with Crippen molar-refractivity contribution in [1.29, 1.82) is 0 Å². The third-order valence-electron chi connectivity index (χ3n) is 4.87. The molecular formula is C23H25Cl2N5O2S. The van der Waals surface area contributed by atoms with Crippen LogP contribution in [0.1, 0.15) is 43.0 Å². The molecule has 2 amide bonds. The Hall–Kier alpha value is -2.55. The third kappa shape index (κ3) is 6.50. The molecule has 1 aromatic heterocycles. The Kier molecular flexibility index (Phi) is 8.77. The van der Waals surface area contributed by atoms with Gasteiger partial charge in [-0.3, -0.25) is 9.59 Å². The highest BCUT2D eigenvalue weighted by atomic mass is 35.5. The summed E-state index contributed by atoms with van der Waals surface area (Å²) >= 11 is 13.4. The summed E-state index contributed by atoms with van der Waals surface area (Å²) in [6.07, 6.45) is 0. The predicted molar refractivity (Wildman–Crippen MR) is 133 cm³/mol. The van der Waals surface area contributed by atoms with Crippen LogP contribution in [0.25, 0.3) is 0 Å². The standard InChI is InChI=1S/C23H25Cl2N5O2S/c1-4-30-21(20(14(2)3)27-22(32)17-7-5-6-8-18(17)25)28-29-23(30)33-13-19(31)26-16-11-9-15(24)10-12-16/h5-12,14,20H,4,13H2,1-3H3,(H,26,31)(H,27,32)/t20-/m0/s1. The quantitative estimate of drug-likeness (QED) is 0.376. The highest BCUT2D eigenvalue weighted by molar-refractivity contribution is 7.99. The summed E-state index contributed by atoms with van der Waals surface area (Å²) in [6, 6.07) is 13.4. The van der Waals surface area contributed by atoms with Gasteiger partial charge in [-0.15, -0.1) is 10.2 Å². The molecule has 1 atom stereocenters. The van der Waals surface area contributed by atoms with Crippen molar-refractivity contribution in [1.82, 2.24) is 20.1 Å². The molecule has 2 N–H and O–H groups in total. The van der Waals surface area contributed by atoms with Gasteiger partial charge in [0.1, 0.15) is 0 Å². The lowest BCUT2D eigenvalue weighted by molar-refractivity contribution is -0.113. The maximum Gasteiger partial charge on any atom is 0.253 e. The second-order valence-corrected chi connectivity index (χ2v) is 9.39. The van der Waals surface area contributed by atoms with Gasteiger partial charge >= 0.3 is 0 Å². The average Bonchev–Trinajstić information content (AvgIpc) is 3.20. The minimum absolute atomic E-state index is 0.0528. The van der Waals surface area contributed by atoms with Gasteiger partial charge in [-0.2, -0.15) is 0 Å². The highest BCUT2D eigenvalue weighted by Gasteiger charge is 2.26. The van der Waals surface area contributed by atoms with Crippen molar-refractivity contribution in [2.45, 2.75) is 38.5 Å². The number of carbonyl (C=O) groups is 2. The van der Waals surface area contributed by atoms with E-state index in [2.05, 4.69) is 20.8 Å². The molecule has 0 radical (unpaired) electrons. The fourth-order valence-electron chi connectivity index (χ4n) is 3.19. The van der Waals surface area contributed by atoms with Crippen LogP contribution in [-0.4, -0.2) is 32.3 Å². The molecule has 7 nitrogen and oxygen atoms in total. The van der Waals surface area contributed by atoms with Gasteiger partial charge < -0.3 is 15.2 Å². The van der Waals surface area contributed by atoms with E-state index < -0.39 is 0 Å². The Morgan fingerprint density at radius 2 is 1.76 bits per heavy atom. The van der Waals surface area contributed by atoms with Crippen molar-refractivity contribution in [2.75, 3.05) is 11.1 Å². The largest absolute Gasteiger partial charge is 0.342 e. The van der Waals surface area contributed by atoms with Gasteiger partial charge in [-0.1, -0.05) is 60.9 Å². The normalized spacial score (nSPS) is 11.9. The zero-order valence-electron chi connectivity index (χ0n) is 18.5. The fourth-order valence-corrected chi connectivity index (χ4v) is 4.35. The van der Waals surface area contributed by atoms with E-state index in [4.69, 9.17) is 23.2 Å². The molecule has 33 heavy (non-hydrogen) atoms. The van der Waals surface area contributed by atoms with Crippen LogP contribution in [0.3, 0.4) is 0 Å². The maximum absolute atomic E-state index is 12.9. The van der Waals surface area contributed by atoms with E-state index in [0.717, 1.165) is 0 Å². The summed E-state index contributed by atoms with van der Waals surface area (Å²) in [7, 11) is 0. The van der Waals surface area contributed by atoms with E-state index in [9.17, 15) is 9.59 Å². The van der Waals surface area contributed by atoms with Crippen LogP contribution < -0.4 is 10.6 Å². The zero-order valence-corrected chi connectivity index (χ0v) is 20.8. The lowest BCUT2D eigenvalue weighted by Gasteiger charge is -2.22. The van der Waals surface area contributed by atoms with Gasteiger partial charge in [0.05, 0.1) is 22.4 Å². The lowest BCUT2D eigenvalue weighted by atomic mass is 10.0. The minimum Gasteiger partial charge on any atom is -0.342 e. The number of anilines is 1. The number of hydrogen-bond donors (Lipinski definition) is 2. The van der Waals surface area contributed by atoms with Crippen molar-refractivity contribution >= 4 is 52.5 Å². The van der Waals surface area contributed by atoms with Crippen LogP contribution in [0, 0.1) is 5.92 Å². The van der Waals surface area contributed by atoms with E-state index in [1.54, 1.807) is 48.5 Å². The first-order valence-electron chi connectivity index (χ1n) is 10.5. The van der Waals surface area contributed by atoms with Gasteiger partial charge in [0.25, 0.3) is 5.91 Å². The van der Waals surface area contributed by atoms with Crippen molar-refractivity contribution < 1.29 is 9.59 Å². The SMILES string of the molecule is CCn1c(SCC(=O)Nc2ccc(Cl)cc2)nnc1[C@@H](NC(=O)c1ccccc1Cl)C(C)C. The number of rotatable bonds is 9. The Balaban J connectivity index is 1.71. The van der Waals surface area contributed by atoms with Crippen molar-refractivity contribution in [3.8, 4) is 0 Å². The summed E-state index contributed by atoms with van der Waals surface area (Å²) < 4.78 is 1.91. The topological polar surface area (TPSA) is 88.9 Å². The molecule has 3 rings (SSSR count). The molecule has 0 aliphatic carbocycles. The molecule has 0 saturated carbocycles. The summed E-state index contributed by atoms with van der Waals surface area (Å²) in [5.41, 5.74) is 1.07. The summed E-state index contributed by atoms with van der Waals surface area (Å²) in [6.45, 7) is 6.56. The van der Waals surface area contributed by atoms with Crippen LogP contribution in [0.2, 0.25) is 10.0 Å². The molecular weight excluding hydrogens is 481 g/mol. The summed E-state index contributed by atoms with van der Waals surface area (Å²) in [5.74, 6) is 0.410. The average molecular weight is 506 g/mol. The molecule has 0 bridgehead atoms. The molecule has 174 valence electrons. The van der Waals surface area contributed by atoms with Gasteiger partial charge in [-0.25, -0.2) is 0 Å². The number of benzene rings is 2. The van der Waals surface area contributed by atoms with Crippen LogP contribution in [0.15, 0.2) is 53.7 Å². The monoisotopic (exact) mass is 505 g/mol. The number of thioether (sulfide) groups is 1. The predicted octanol–water partition coefficient (Wildman–Crippen LogP) is 5.46. The third-order valence-corrected chi connectivity index (χ3v) is 6.42. The minimum atomic E-state index is -0.376. The number of halogens is 2. The van der Waals surface area contributed by atoms with Crippen LogP contribution in [0.5, 0.6) is 0 Å². The highest BCUT2D eigenvalue weighted by Crippen LogP contribution is 2.26. The van der Waals surface area contributed by atoms with E-state index in [-0.39, 0.29) is 29.5 Å². The zero-order chi connectivity index (χ0) is 24.0. The number of amides is 2. The molecule has 0 aliphatic heterocycles. The molecule has 0 saturated heterocycles. The van der Waals surface area contributed by atoms with Gasteiger partial charge in [0.15, 0.2) is 11.0 Å². The molecule has 10 heteroatoms. The Morgan fingerprint density at radius 3 is 2.39 bits per heavy atom. The lowest BCUT2D eigenvalue weighted by Crippen LogP contribution is -2.34. The maximum atomic E-state index is 12.9. The molecule has 1 heterocycles. The molecule has 2 aromatic carbocycles. The molecule has 3 aromatic rings. The second kappa shape index (κ2) is 11.5. The molecule has 0 fully saturated rings. The van der Waals surface area contributed by atoms with Crippen molar-refractivity contribution in [3.05, 3.63) is 70.0 Å². The number of nitrogens with zero attached hydrogens (tertiary/aromatic N) is 3. The number of aromatic nitrogens is 3. The Bertz CT molecular complexity index is 1120. The number of hydrogen-bond acceptors (Lipinski definition) is 5. The summed E-state index contributed by atoms with van der Waals surface area (Å²) in [4.78, 5) is 25.2. The second-order valence-electron chi connectivity index (χ2n) is 7.60. The Morgan fingerprint density at radius 1 is 1.06 bits per heavy atom. The number of carbonyl (C=O) groups excluding carboxylic acids is 2. The van der Waals surface area contributed by atoms with E-state index in [1.165, 1.54) is 11.8 Å². The molecule has 0 unspecified atom stereocenters. The van der Waals surface area contributed by atoms with E-state index >= 15 is 0 Å². The molecule has 0 spiro atoms. The van der Waals surface area contributed by atoms with E-state index in [0.29, 0.717) is 38.8 Å². The molecule has 0 aliphatic rings. The van der Waals surface area contributed by atoms with Crippen LogP contribution in [0.4, 0.5) is 5.69 Å².